The number of benzene rings is 1. The van der Waals surface area contributed by atoms with Gasteiger partial charge in [0.1, 0.15) is 0 Å². The van der Waals surface area contributed by atoms with E-state index >= 15 is 0 Å². The summed E-state index contributed by atoms with van der Waals surface area (Å²) < 4.78 is 0. The second-order valence-corrected chi connectivity index (χ2v) is 7.26. The number of rotatable bonds is 0. The molecule has 1 aromatic carbocycles. The molecule has 0 amide bonds. The number of nitrogens with one attached hydrogen (secondary N) is 1. The maximum absolute atomic E-state index is 9.44. The molecule has 5 rings (SSSR count). The van der Waals surface area contributed by atoms with E-state index in [1.807, 2.05) is 0 Å². The second-order valence-electron chi connectivity index (χ2n) is 7.26. The molecular formula is C19H21N3. The van der Waals surface area contributed by atoms with Crippen molar-refractivity contribution < 1.29 is 0 Å². The monoisotopic (exact) mass is 291 g/mol. The predicted octanol–water partition coefficient (Wildman–Crippen LogP) is 3.78. The fourth-order valence-corrected chi connectivity index (χ4v) is 5.29. The standard InChI is InChI=1S/C19H21N3/c20-11-12-5-6-14-9-13(12)10-18-19-16(7-8-22(14)18)15-3-1-2-4-17(15)21-19/h1-4,12-14,18,21H,5-10H2/t12-,13+,14-,18-/m1/s1. The summed E-state index contributed by atoms with van der Waals surface area (Å²) in [6.07, 6.45) is 5.88. The number of nitriles is 1. The maximum atomic E-state index is 9.44. The van der Waals surface area contributed by atoms with Gasteiger partial charge in [-0.05, 0) is 49.7 Å². The molecule has 2 bridgehead atoms. The second kappa shape index (κ2) is 4.60. The third kappa shape index (κ3) is 1.65. The Labute approximate surface area is 130 Å². The third-order valence-corrected chi connectivity index (χ3v) is 6.32. The van der Waals surface area contributed by atoms with Gasteiger partial charge >= 0.3 is 0 Å². The fourth-order valence-electron chi connectivity index (χ4n) is 5.29. The third-order valence-electron chi connectivity index (χ3n) is 6.32. The summed E-state index contributed by atoms with van der Waals surface area (Å²) in [5.41, 5.74) is 4.26. The Balaban J connectivity index is 1.60. The molecule has 22 heavy (non-hydrogen) atoms. The molecule has 3 aliphatic rings. The van der Waals surface area contributed by atoms with Gasteiger partial charge in [0.25, 0.3) is 0 Å². The van der Waals surface area contributed by atoms with E-state index in [-0.39, 0.29) is 5.92 Å². The van der Waals surface area contributed by atoms with E-state index in [4.69, 9.17) is 0 Å². The van der Waals surface area contributed by atoms with Gasteiger partial charge in [0.15, 0.2) is 0 Å². The maximum Gasteiger partial charge on any atom is 0.0658 e. The number of hydrogen-bond acceptors (Lipinski definition) is 2. The van der Waals surface area contributed by atoms with Crippen LogP contribution in [-0.4, -0.2) is 22.5 Å². The van der Waals surface area contributed by atoms with Gasteiger partial charge in [-0.3, -0.25) is 4.90 Å². The zero-order chi connectivity index (χ0) is 14.7. The average Bonchev–Trinajstić information content (AvgIpc) is 2.94. The van der Waals surface area contributed by atoms with E-state index < -0.39 is 0 Å². The number of para-hydroxylation sites is 1. The molecule has 4 atom stereocenters. The Morgan fingerprint density at radius 1 is 1.18 bits per heavy atom. The summed E-state index contributed by atoms with van der Waals surface area (Å²) in [6.45, 7) is 1.19. The number of H-pyrrole nitrogens is 1. The number of piperidine rings is 1. The summed E-state index contributed by atoms with van der Waals surface area (Å²) in [4.78, 5) is 6.45. The topological polar surface area (TPSA) is 42.8 Å². The first-order chi connectivity index (χ1) is 10.8. The van der Waals surface area contributed by atoms with Gasteiger partial charge in [-0.1, -0.05) is 18.2 Å². The molecule has 0 radical (unpaired) electrons. The smallest absolute Gasteiger partial charge is 0.0658 e. The molecule has 3 heteroatoms. The van der Waals surface area contributed by atoms with E-state index in [0.717, 1.165) is 12.8 Å². The van der Waals surface area contributed by atoms with Crippen LogP contribution in [0.1, 0.15) is 43.0 Å². The van der Waals surface area contributed by atoms with Crippen molar-refractivity contribution in [1.82, 2.24) is 9.88 Å². The first-order valence-electron chi connectivity index (χ1n) is 8.60. The predicted molar refractivity (Wildman–Crippen MR) is 86.3 cm³/mol. The van der Waals surface area contributed by atoms with Crippen LogP contribution in [0, 0.1) is 23.2 Å². The summed E-state index contributed by atoms with van der Waals surface area (Å²) in [5.74, 6) is 0.885. The lowest BCUT2D eigenvalue weighted by atomic mass is 9.69. The summed E-state index contributed by atoms with van der Waals surface area (Å²) >= 11 is 0. The largest absolute Gasteiger partial charge is 0.357 e. The Bertz CT molecular complexity index is 769. The fraction of sp³-hybridized carbons (Fsp3) is 0.526. The van der Waals surface area contributed by atoms with E-state index in [1.54, 1.807) is 0 Å². The van der Waals surface area contributed by atoms with Crippen LogP contribution in [-0.2, 0) is 6.42 Å². The molecule has 0 unspecified atom stereocenters. The highest BCUT2D eigenvalue weighted by molar-refractivity contribution is 5.85. The normalized spacial score (nSPS) is 34.0. The molecule has 2 aliphatic heterocycles. The van der Waals surface area contributed by atoms with E-state index in [9.17, 15) is 5.26 Å². The summed E-state index contributed by atoms with van der Waals surface area (Å²) in [6, 6.07) is 12.5. The highest BCUT2D eigenvalue weighted by Crippen LogP contribution is 2.49. The molecule has 2 aromatic rings. The van der Waals surface area contributed by atoms with Crippen LogP contribution in [0.3, 0.4) is 0 Å². The molecule has 3 heterocycles. The lowest BCUT2D eigenvalue weighted by Gasteiger charge is -2.51. The van der Waals surface area contributed by atoms with Crippen LogP contribution >= 0.6 is 0 Å². The first-order valence-corrected chi connectivity index (χ1v) is 8.60. The van der Waals surface area contributed by atoms with Crippen molar-refractivity contribution in [2.75, 3.05) is 6.54 Å². The molecule has 3 nitrogen and oxygen atoms in total. The van der Waals surface area contributed by atoms with Gasteiger partial charge in [-0.15, -0.1) is 0 Å². The van der Waals surface area contributed by atoms with Gasteiger partial charge in [-0.2, -0.15) is 5.26 Å². The number of aromatic nitrogens is 1. The van der Waals surface area contributed by atoms with Gasteiger partial charge < -0.3 is 4.98 Å². The highest BCUT2D eigenvalue weighted by atomic mass is 15.2. The molecular weight excluding hydrogens is 270 g/mol. The number of nitrogens with zero attached hydrogens (tertiary/aromatic N) is 2. The molecule has 2 fully saturated rings. The SMILES string of the molecule is N#C[C@H]1CC[C@@H]2C[C@H]1C[C@@H]1c3[nH]c4ccccc4c3CCN21. The molecule has 1 N–H and O–H groups in total. The van der Waals surface area contributed by atoms with E-state index in [0.29, 0.717) is 18.0 Å². The molecule has 1 saturated heterocycles. The van der Waals surface area contributed by atoms with Crippen LogP contribution < -0.4 is 0 Å². The van der Waals surface area contributed by atoms with Crippen molar-refractivity contribution in [3.8, 4) is 6.07 Å². The first kappa shape index (κ1) is 12.7. The lowest BCUT2D eigenvalue weighted by molar-refractivity contribution is -0.00107. The van der Waals surface area contributed by atoms with Crippen LogP contribution in [0.4, 0.5) is 0 Å². The van der Waals surface area contributed by atoms with E-state index in [2.05, 4.69) is 40.2 Å². The summed E-state index contributed by atoms with van der Waals surface area (Å²) in [5, 5.41) is 10.8. The molecule has 112 valence electrons. The lowest BCUT2D eigenvalue weighted by Crippen LogP contribution is -2.51. The Morgan fingerprint density at radius 2 is 2.09 bits per heavy atom. The Kier molecular flexibility index (Phi) is 2.66. The zero-order valence-electron chi connectivity index (χ0n) is 12.8. The van der Waals surface area contributed by atoms with Crippen molar-refractivity contribution >= 4 is 10.9 Å². The minimum atomic E-state index is 0.285. The highest BCUT2D eigenvalue weighted by Gasteiger charge is 2.45. The molecule has 1 aromatic heterocycles. The van der Waals surface area contributed by atoms with Crippen LogP contribution in [0.5, 0.6) is 0 Å². The number of hydrogen-bond donors (Lipinski definition) is 1. The summed E-state index contributed by atoms with van der Waals surface area (Å²) in [7, 11) is 0. The molecule has 0 spiro atoms. The van der Waals surface area contributed by atoms with Crippen LogP contribution in [0.2, 0.25) is 0 Å². The average molecular weight is 291 g/mol. The van der Waals surface area contributed by atoms with Gasteiger partial charge in [0.2, 0.25) is 0 Å². The van der Waals surface area contributed by atoms with Crippen molar-refractivity contribution in [2.24, 2.45) is 11.8 Å². The van der Waals surface area contributed by atoms with E-state index in [1.165, 1.54) is 48.0 Å². The molecule has 1 saturated carbocycles. The Hall–Kier alpha value is -1.79. The van der Waals surface area contributed by atoms with Crippen molar-refractivity contribution in [3.05, 3.63) is 35.5 Å². The Morgan fingerprint density at radius 3 is 3.00 bits per heavy atom. The van der Waals surface area contributed by atoms with Crippen molar-refractivity contribution in [3.63, 3.8) is 0 Å². The molecule has 1 aliphatic carbocycles. The van der Waals surface area contributed by atoms with Crippen molar-refractivity contribution in [1.29, 1.82) is 5.26 Å². The van der Waals surface area contributed by atoms with Crippen molar-refractivity contribution in [2.45, 2.75) is 44.2 Å². The zero-order valence-corrected chi connectivity index (χ0v) is 12.8. The van der Waals surface area contributed by atoms with Gasteiger partial charge in [0.05, 0.1) is 12.1 Å². The number of fused-ring (bicyclic) bond motifs is 8. The minimum Gasteiger partial charge on any atom is -0.357 e. The quantitative estimate of drug-likeness (QED) is 0.802. The van der Waals surface area contributed by atoms with Gasteiger partial charge in [0, 0.05) is 35.1 Å². The van der Waals surface area contributed by atoms with Gasteiger partial charge in [-0.25, -0.2) is 0 Å². The van der Waals surface area contributed by atoms with Crippen LogP contribution in [0.15, 0.2) is 24.3 Å². The van der Waals surface area contributed by atoms with Crippen LogP contribution in [0.25, 0.3) is 10.9 Å². The number of aromatic amines is 1. The minimum absolute atomic E-state index is 0.285.